The number of hydrogen-bond acceptors (Lipinski definition) is 2. The molecule has 1 heterocycles. The van der Waals surface area contributed by atoms with Gasteiger partial charge >= 0.3 is 0 Å². The van der Waals surface area contributed by atoms with Crippen LogP contribution in [0.15, 0.2) is 22.7 Å². The maximum atomic E-state index is 6.30. The smallest absolute Gasteiger partial charge is 0.0738 e. The number of hydrogen-bond donors (Lipinski definition) is 1. The Labute approximate surface area is 137 Å². The number of nitrogens with one attached hydrogen (secondary N) is 1. The third-order valence-corrected chi connectivity index (χ3v) is 5.05. The van der Waals surface area contributed by atoms with E-state index in [0.717, 1.165) is 27.8 Å². The number of halogens is 3. The van der Waals surface area contributed by atoms with Crippen LogP contribution in [0, 0.1) is 6.92 Å². The third-order valence-electron chi connectivity index (χ3n) is 3.36. The van der Waals surface area contributed by atoms with Crippen molar-refractivity contribution in [2.45, 2.75) is 19.4 Å². The molecule has 0 saturated heterocycles. The maximum absolute atomic E-state index is 6.30. The maximum Gasteiger partial charge on any atom is 0.0738 e. The molecule has 108 valence electrons. The van der Waals surface area contributed by atoms with Crippen molar-refractivity contribution in [2.24, 2.45) is 7.05 Å². The number of rotatable bonds is 4. The highest BCUT2D eigenvalue weighted by Gasteiger charge is 2.21. The van der Waals surface area contributed by atoms with Crippen molar-refractivity contribution in [3.63, 3.8) is 0 Å². The largest absolute Gasteiger partial charge is 0.313 e. The first-order valence-electron chi connectivity index (χ1n) is 6.24. The summed E-state index contributed by atoms with van der Waals surface area (Å²) in [7, 11) is 3.84. The topological polar surface area (TPSA) is 29.9 Å². The van der Waals surface area contributed by atoms with Gasteiger partial charge in [0.1, 0.15) is 0 Å². The second-order valence-electron chi connectivity index (χ2n) is 4.65. The molecule has 2 aromatic rings. The van der Waals surface area contributed by atoms with E-state index in [4.69, 9.17) is 23.2 Å². The van der Waals surface area contributed by atoms with Crippen LogP contribution >= 0.6 is 39.1 Å². The van der Waals surface area contributed by atoms with Crippen LogP contribution in [0.3, 0.4) is 0 Å². The molecule has 0 aliphatic heterocycles. The standard InChI is InChI=1S/C14H16BrCl2N3/c1-8-14(15)12(20(3)19-8)7-11(18-2)13-9(16)5-4-6-10(13)17/h4-6,11,18H,7H2,1-3H3. The second kappa shape index (κ2) is 6.48. The molecule has 1 N–H and O–H groups in total. The molecule has 0 radical (unpaired) electrons. The fourth-order valence-electron chi connectivity index (χ4n) is 2.29. The molecule has 0 bridgehead atoms. The van der Waals surface area contributed by atoms with Crippen LogP contribution in [0.1, 0.15) is 23.0 Å². The molecule has 20 heavy (non-hydrogen) atoms. The lowest BCUT2D eigenvalue weighted by Crippen LogP contribution is -2.21. The molecule has 1 unspecified atom stereocenters. The molecular formula is C14H16BrCl2N3. The van der Waals surface area contributed by atoms with E-state index in [1.807, 2.05) is 43.9 Å². The molecule has 0 fully saturated rings. The van der Waals surface area contributed by atoms with E-state index in [-0.39, 0.29) is 6.04 Å². The zero-order valence-electron chi connectivity index (χ0n) is 11.5. The van der Waals surface area contributed by atoms with Gasteiger partial charge in [0.05, 0.1) is 15.9 Å². The average molecular weight is 377 g/mol. The summed E-state index contributed by atoms with van der Waals surface area (Å²) in [6.07, 6.45) is 0.748. The lowest BCUT2D eigenvalue weighted by molar-refractivity contribution is 0.560. The van der Waals surface area contributed by atoms with Crippen LogP contribution < -0.4 is 5.32 Å². The van der Waals surface area contributed by atoms with Gasteiger partial charge < -0.3 is 5.32 Å². The molecule has 1 atom stereocenters. The molecule has 0 aliphatic rings. The molecule has 2 rings (SSSR count). The van der Waals surface area contributed by atoms with E-state index in [9.17, 15) is 0 Å². The van der Waals surface area contributed by atoms with Crippen molar-refractivity contribution in [2.75, 3.05) is 7.05 Å². The van der Waals surface area contributed by atoms with E-state index < -0.39 is 0 Å². The van der Waals surface area contributed by atoms with Crippen molar-refractivity contribution >= 4 is 39.1 Å². The summed E-state index contributed by atoms with van der Waals surface area (Å²) < 4.78 is 2.91. The van der Waals surface area contributed by atoms with Crippen LogP contribution in [-0.4, -0.2) is 16.8 Å². The van der Waals surface area contributed by atoms with Gasteiger partial charge in [-0.2, -0.15) is 5.10 Å². The van der Waals surface area contributed by atoms with Gasteiger partial charge in [0.15, 0.2) is 0 Å². The van der Waals surface area contributed by atoms with Gasteiger partial charge in [-0.1, -0.05) is 29.3 Å². The quantitative estimate of drug-likeness (QED) is 0.861. The minimum absolute atomic E-state index is 0.0299. The summed E-state index contributed by atoms with van der Waals surface area (Å²) in [5, 5.41) is 9.04. The predicted octanol–water partition coefficient (Wildman–Crippen LogP) is 4.30. The van der Waals surface area contributed by atoms with Gasteiger partial charge in [0.2, 0.25) is 0 Å². The van der Waals surface area contributed by atoms with Crippen LogP contribution in [-0.2, 0) is 13.5 Å². The Morgan fingerprint density at radius 3 is 2.40 bits per heavy atom. The Morgan fingerprint density at radius 1 is 1.35 bits per heavy atom. The fourth-order valence-corrected chi connectivity index (χ4v) is 3.45. The van der Waals surface area contributed by atoms with Crippen LogP contribution in [0.5, 0.6) is 0 Å². The molecular weight excluding hydrogens is 361 g/mol. The first-order chi connectivity index (χ1) is 9.45. The number of nitrogens with zero attached hydrogens (tertiary/aromatic N) is 2. The molecule has 6 heteroatoms. The number of aromatic nitrogens is 2. The van der Waals surface area contributed by atoms with Gasteiger partial charge in [-0.25, -0.2) is 0 Å². The summed E-state index contributed by atoms with van der Waals surface area (Å²) >= 11 is 16.2. The molecule has 1 aromatic heterocycles. The van der Waals surface area contributed by atoms with Gasteiger partial charge in [-0.3, -0.25) is 4.68 Å². The van der Waals surface area contributed by atoms with E-state index in [1.165, 1.54) is 0 Å². The predicted molar refractivity (Wildman–Crippen MR) is 87.6 cm³/mol. The van der Waals surface area contributed by atoms with Crippen LogP contribution in [0.2, 0.25) is 10.0 Å². The first-order valence-corrected chi connectivity index (χ1v) is 7.79. The van der Waals surface area contributed by atoms with E-state index in [0.29, 0.717) is 10.0 Å². The summed E-state index contributed by atoms with van der Waals surface area (Å²) in [5.74, 6) is 0. The zero-order chi connectivity index (χ0) is 14.9. The SMILES string of the molecule is CNC(Cc1c(Br)c(C)nn1C)c1c(Cl)cccc1Cl. The Bertz CT molecular complexity index is 605. The molecule has 3 nitrogen and oxygen atoms in total. The first kappa shape index (κ1) is 15.8. The Balaban J connectivity index is 2.39. The second-order valence-corrected chi connectivity index (χ2v) is 6.26. The van der Waals surface area contributed by atoms with E-state index in [1.54, 1.807) is 0 Å². The van der Waals surface area contributed by atoms with E-state index >= 15 is 0 Å². The fraction of sp³-hybridized carbons (Fsp3) is 0.357. The van der Waals surface area contributed by atoms with Crippen molar-refractivity contribution < 1.29 is 0 Å². The lowest BCUT2D eigenvalue weighted by atomic mass is 10.0. The molecule has 0 aliphatic carbocycles. The highest BCUT2D eigenvalue weighted by atomic mass is 79.9. The number of aryl methyl sites for hydroxylation is 2. The summed E-state index contributed by atoms with van der Waals surface area (Å²) in [5.41, 5.74) is 3.00. The highest BCUT2D eigenvalue weighted by molar-refractivity contribution is 9.10. The highest BCUT2D eigenvalue weighted by Crippen LogP contribution is 2.33. The molecule has 1 aromatic carbocycles. The monoisotopic (exact) mass is 375 g/mol. The number of likely N-dealkylation sites (N-methyl/N-ethyl adjacent to an activating group) is 1. The summed E-state index contributed by atoms with van der Waals surface area (Å²) in [6.45, 7) is 1.98. The summed E-state index contributed by atoms with van der Waals surface area (Å²) in [4.78, 5) is 0. The van der Waals surface area contributed by atoms with Gasteiger partial charge in [-0.05, 0) is 42.0 Å². The Morgan fingerprint density at radius 2 is 1.95 bits per heavy atom. The molecule has 0 saturated carbocycles. The molecule has 0 spiro atoms. The zero-order valence-corrected chi connectivity index (χ0v) is 14.6. The minimum atomic E-state index is 0.0299. The number of benzene rings is 1. The van der Waals surface area contributed by atoms with Crippen molar-refractivity contribution in [1.82, 2.24) is 15.1 Å². The van der Waals surface area contributed by atoms with Crippen molar-refractivity contribution in [1.29, 1.82) is 0 Å². The van der Waals surface area contributed by atoms with Crippen molar-refractivity contribution in [3.8, 4) is 0 Å². The third kappa shape index (κ3) is 3.03. The molecule has 0 amide bonds. The van der Waals surface area contributed by atoms with Gasteiger partial charge in [0, 0.05) is 35.1 Å². The average Bonchev–Trinajstić information content (AvgIpc) is 2.63. The van der Waals surface area contributed by atoms with Crippen molar-refractivity contribution in [3.05, 3.63) is 49.7 Å². The Hall–Kier alpha value is -0.550. The minimum Gasteiger partial charge on any atom is -0.313 e. The normalized spacial score (nSPS) is 12.7. The summed E-state index contributed by atoms with van der Waals surface area (Å²) in [6, 6.07) is 5.60. The van der Waals surface area contributed by atoms with Crippen LogP contribution in [0.4, 0.5) is 0 Å². The lowest BCUT2D eigenvalue weighted by Gasteiger charge is -2.19. The van der Waals surface area contributed by atoms with Gasteiger partial charge in [-0.15, -0.1) is 0 Å². The Kier molecular flexibility index (Phi) is 5.13. The van der Waals surface area contributed by atoms with E-state index in [2.05, 4.69) is 26.3 Å². The van der Waals surface area contributed by atoms with Crippen LogP contribution in [0.25, 0.3) is 0 Å². The van der Waals surface area contributed by atoms with Gasteiger partial charge in [0.25, 0.3) is 0 Å².